The molecule has 0 aliphatic heterocycles. The molecule has 38 heavy (non-hydrogen) atoms. The highest BCUT2D eigenvalue weighted by atomic mass is 19.4. The van der Waals surface area contributed by atoms with Crippen LogP contribution in [0.2, 0.25) is 0 Å². The summed E-state index contributed by atoms with van der Waals surface area (Å²) in [5.41, 5.74) is 1.71. The maximum atomic E-state index is 15.5. The minimum atomic E-state index is -4.57. The van der Waals surface area contributed by atoms with Gasteiger partial charge in [-0.15, -0.1) is 0 Å². The van der Waals surface area contributed by atoms with E-state index in [1.165, 1.54) is 18.3 Å². The lowest BCUT2D eigenvalue weighted by atomic mass is 9.83. The fourth-order valence-corrected chi connectivity index (χ4v) is 5.15. The maximum Gasteiger partial charge on any atom is 0.417 e. The third kappa shape index (κ3) is 6.20. The van der Waals surface area contributed by atoms with Gasteiger partial charge in [-0.2, -0.15) is 13.2 Å². The van der Waals surface area contributed by atoms with Crippen LogP contribution in [0.25, 0.3) is 11.1 Å². The number of aromatic nitrogens is 1. The molecule has 4 rings (SSSR count). The van der Waals surface area contributed by atoms with Crippen LogP contribution in [0.5, 0.6) is 0 Å². The number of carboxylic acid groups (broad SMARTS) is 1. The molecule has 2 N–H and O–H groups in total. The smallest absolute Gasteiger partial charge is 0.417 e. The lowest BCUT2D eigenvalue weighted by molar-refractivity contribution is -0.138. The number of amides is 1. The van der Waals surface area contributed by atoms with E-state index in [-0.39, 0.29) is 34.9 Å². The van der Waals surface area contributed by atoms with E-state index in [0.29, 0.717) is 18.3 Å². The van der Waals surface area contributed by atoms with Gasteiger partial charge in [0.25, 0.3) is 0 Å². The Bertz CT molecular complexity index is 1330. The fraction of sp³-hybridized carbons (Fsp3) is 0.345. The Balaban J connectivity index is 1.63. The molecule has 3 aromatic rings. The lowest BCUT2D eigenvalue weighted by Crippen LogP contribution is -2.27. The molecule has 5 nitrogen and oxygen atoms in total. The summed E-state index contributed by atoms with van der Waals surface area (Å²) < 4.78 is 54.9. The van der Waals surface area contributed by atoms with E-state index in [2.05, 4.69) is 10.3 Å². The number of aliphatic carboxylic acids is 1. The van der Waals surface area contributed by atoms with Gasteiger partial charge in [0, 0.05) is 35.6 Å². The van der Waals surface area contributed by atoms with E-state index in [1.807, 2.05) is 6.07 Å². The molecule has 1 amide bonds. The van der Waals surface area contributed by atoms with Crippen LogP contribution in [-0.4, -0.2) is 22.0 Å². The molecular formula is C29H28F4N2O3. The first kappa shape index (κ1) is 27.3. The van der Waals surface area contributed by atoms with Gasteiger partial charge in [-0.1, -0.05) is 37.1 Å². The van der Waals surface area contributed by atoms with Gasteiger partial charge in [-0.3, -0.25) is 14.6 Å². The van der Waals surface area contributed by atoms with E-state index in [4.69, 9.17) is 5.11 Å². The number of alkyl halides is 3. The maximum absolute atomic E-state index is 15.5. The van der Waals surface area contributed by atoms with Crippen LogP contribution in [0, 0.1) is 18.7 Å². The second-order valence-corrected chi connectivity index (χ2v) is 9.69. The largest absolute Gasteiger partial charge is 0.481 e. The number of carbonyl (C=O) groups is 2. The Labute approximate surface area is 217 Å². The standard InChI is InChI=1S/C29H28F4N2O3/c1-17-18(10-12-26(36)37)7-4-8-25(17)35-28(38)27(19-5-2-3-6-19)23-11-9-20(14-24(23)30)21-13-22(16-34-15-21)29(31,32)33/h4,7-9,11,13-16,19,27H,2-3,5-6,10,12H2,1H3,(H,35,38)(H,36,37). The minimum absolute atomic E-state index is 0.0398. The number of aryl methyl sites for hydroxylation is 1. The van der Waals surface area contributed by atoms with Crippen molar-refractivity contribution in [2.24, 2.45) is 5.92 Å². The number of hydrogen-bond donors (Lipinski definition) is 2. The van der Waals surface area contributed by atoms with E-state index in [9.17, 15) is 22.8 Å². The van der Waals surface area contributed by atoms with Crippen molar-refractivity contribution in [3.8, 4) is 11.1 Å². The Kier molecular flexibility index (Phi) is 8.14. The molecule has 0 saturated heterocycles. The number of halogens is 4. The number of nitrogens with zero attached hydrogens (tertiary/aromatic N) is 1. The lowest BCUT2D eigenvalue weighted by Gasteiger charge is -2.25. The van der Waals surface area contributed by atoms with Crippen molar-refractivity contribution >= 4 is 17.6 Å². The van der Waals surface area contributed by atoms with Gasteiger partial charge < -0.3 is 10.4 Å². The second-order valence-electron chi connectivity index (χ2n) is 9.69. The van der Waals surface area contributed by atoms with Gasteiger partial charge in [0.2, 0.25) is 5.91 Å². The van der Waals surface area contributed by atoms with Gasteiger partial charge in [-0.25, -0.2) is 4.39 Å². The number of rotatable bonds is 8. The van der Waals surface area contributed by atoms with Crippen molar-refractivity contribution in [1.29, 1.82) is 0 Å². The third-order valence-corrected chi connectivity index (χ3v) is 7.20. The monoisotopic (exact) mass is 528 g/mol. The van der Waals surface area contributed by atoms with Crippen molar-refractivity contribution in [3.05, 3.63) is 82.9 Å². The highest BCUT2D eigenvalue weighted by Gasteiger charge is 2.35. The number of carbonyl (C=O) groups excluding carboxylic acids is 1. The third-order valence-electron chi connectivity index (χ3n) is 7.20. The first-order valence-electron chi connectivity index (χ1n) is 12.5. The van der Waals surface area contributed by atoms with Crippen LogP contribution < -0.4 is 5.32 Å². The average molecular weight is 529 g/mol. The molecule has 200 valence electrons. The molecular weight excluding hydrogens is 500 g/mol. The highest BCUT2D eigenvalue weighted by molar-refractivity contribution is 5.97. The number of hydrogen-bond acceptors (Lipinski definition) is 3. The van der Waals surface area contributed by atoms with Crippen molar-refractivity contribution in [2.45, 2.75) is 57.5 Å². The summed E-state index contributed by atoms with van der Waals surface area (Å²) >= 11 is 0. The Morgan fingerprint density at radius 2 is 1.82 bits per heavy atom. The fourth-order valence-electron chi connectivity index (χ4n) is 5.15. The SMILES string of the molecule is Cc1c(CCC(=O)O)cccc1NC(=O)C(c1ccc(-c2cncc(C(F)(F)F)c2)cc1F)C1CCCC1. The second kappa shape index (κ2) is 11.3. The summed E-state index contributed by atoms with van der Waals surface area (Å²) in [7, 11) is 0. The molecule has 0 spiro atoms. The van der Waals surface area contributed by atoms with Crippen LogP contribution in [0.1, 0.15) is 60.3 Å². The van der Waals surface area contributed by atoms with Gasteiger partial charge >= 0.3 is 12.1 Å². The number of anilines is 1. The van der Waals surface area contributed by atoms with Gasteiger partial charge in [0.1, 0.15) is 5.82 Å². The Hall–Kier alpha value is -3.75. The highest BCUT2D eigenvalue weighted by Crippen LogP contribution is 2.40. The van der Waals surface area contributed by atoms with Crippen LogP contribution in [0.4, 0.5) is 23.2 Å². The first-order chi connectivity index (χ1) is 18.0. The summed E-state index contributed by atoms with van der Waals surface area (Å²) in [5, 5.41) is 11.9. The number of benzene rings is 2. The minimum Gasteiger partial charge on any atom is -0.481 e. The zero-order chi connectivity index (χ0) is 27.4. The van der Waals surface area contributed by atoms with Crippen molar-refractivity contribution in [1.82, 2.24) is 4.98 Å². The Morgan fingerprint density at radius 1 is 1.08 bits per heavy atom. The summed E-state index contributed by atoms with van der Waals surface area (Å²) in [6.45, 7) is 1.80. The number of nitrogens with one attached hydrogen (secondary N) is 1. The summed E-state index contributed by atoms with van der Waals surface area (Å²) in [6, 6.07) is 10.3. The summed E-state index contributed by atoms with van der Waals surface area (Å²) in [6.07, 6.45) is 1.03. The zero-order valence-electron chi connectivity index (χ0n) is 20.8. The molecule has 1 atom stereocenters. The van der Waals surface area contributed by atoms with Crippen molar-refractivity contribution in [3.63, 3.8) is 0 Å². The van der Waals surface area contributed by atoms with Crippen molar-refractivity contribution < 1.29 is 32.3 Å². The van der Waals surface area contributed by atoms with E-state index >= 15 is 4.39 Å². The van der Waals surface area contributed by atoms with Gasteiger partial charge in [0.05, 0.1) is 11.5 Å². The van der Waals surface area contributed by atoms with Crippen LogP contribution >= 0.6 is 0 Å². The zero-order valence-corrected chi connectivity index (χ0v) is 20.8. The molecule has 1 aliphatic carbocycles. The molecule has 1 heterocycles. The number of carboxylic acids is 1. The van der Waals surface area contributed by atoms with E-state index < -0.39 is 29.4 Å². The average Bonchev–Trinajstić information content (AvgIpc) is 3.39. The predicted molar refractivity (Wildman–Crippen MR) is 135 cm³/mol. The first-order valence-corrected chi connectivity index (χ1v) is 12.5. The molecule has 1 aromatic heterocycles. The summed E-state index contributed by atoms with van der Waals surface area (Å²) in [4.78, 5) is 28.2. The molecule has 1 fully saturated rings. The van der Waals surface area contributed by atoms with Crippen LogP contribution in [0.15, 0.2) is 54.9 Å². The molecule has 1 unspecified atom stereocenters. The molecule has 1 aliphatic rings. The van der Waals surface area contributed by atoms with Gasteiger partial charge in [-0.05, 0) is 67.0 Å². The van der Waals surface area contributed by atoms with Crippen LogP contribution in [0.3, 0.4) is 0 Å². The molecule has 1 saturated carbocycles. The van der Waals surface area contributed by atoms with Gasteiger partial charge in [0.15, 0.2) is 0 Å². The predicted octanol–water partition coefficient (Wildman–Crippen LogP) is 7.14. The molecule has 2 aromatic carbocycles. The Morgan fingerprint density at radius 3 is 2.47 bits per heavy atom. The van der Waals surface area contributed by atoms with Crippen molar-refractivity contribution in [2.75, 3.05) is 5.32 Å². The number of pyridine rings is 1. The van der Waals surface area contributed by atoms with Crippen LogP contribution in [-0.2, 0) is 22.2 Å². The summed E-state index contributed by atoms with van der Waals surface area (Å²) in [5.74, 6) is -2.82. The molecule has 0 radical (unpaired) electrons. The molecule has 9 heteroatoms. The topological polar surface area (TPSA) is 79.3 Å². The van der Waals surface area contributed by atoms with E-state index in [0.717, 1.165) is 48.9 Å². The quantitative estimate of drug-likeness (QED) is 0.305. The van der Waals surface area contributed by atoms with E-state index in [1.54, 1.807) is 19.1 Å². The normalized spacial score (nSPS) is 14.9. The molecule has 0 bridgehead atoms.